The van der Waals surface area contributed by atoms with Crippen LogP contribution in [0.1, 0.15) is 18.0 Å². The van der Waals surface area contributed by atoms with E-state index in [0.717, 1.165) is 21.1 Å². The van der Waals surface area contributed by atoms with Crippen LogP contribution in [0.15, 0.2) is 57.7 Å². The molecule has 1 N–H and O–H groups in total. The number of thiazole rings is 1. The number of amides is 1. The Morgan fingerprint density at radius 1 is 1.07 bits per heavy atom. The quantitative estimate of drug-likeness (QED) is 0.507. The molecule has 4 rings (SSSR count). The standard InChI is InChI=1S/C19H16N4O2S2/c24-16(20-11-17-22-18(23-25-17)15-7-4-10-26-15)9-8-14-12-27-19(21-14)13-5-2-1-3-6-13/h1-7,10,12H,8-9,11H2,(H,20,24). The number of aromatic nitrogens is 3. The highest BCUT2D eigenvalue weighted by molar-refractivity contribution is 7.13. The molecule has 0 aliphatic rings. The van der Waals surface area contributed by atoms with E-state index in [1.165, 1.54) is 0 Å². The molecule has 0 saturated heterocycles. The highest BCUT2D eigenvalue weighted by Gasteiger charge is 2.11. The van der Waals surface area contributed by atoms with Crippen molar-refractivity contribution < 1.29 is 9.32 Å². The van der Waals surface area contributed by atoms with Crippen molar-refractivity contribution in [1.82, 2.24) is 20.4 Å². The molecular formula is C19H16N4O2S2. The van der Waals surface area contributed by atoms with Crippen molar-refractivity contribution in [3.05, 3.63) is 64.8 Å². The Hall–Kier alpha value is -2.84. The van der Waals surface area contributed by atoms with Gasteiger partial charge in [0.1, 0.15) is 5.01 Å². The third-order valence-corrected chi connectivity index (χ3v) is 5.63. The zero-order valence-corrected chi connectivity index (χ0v) is 15.9. The van der Waals surface area contributed by atoms with Crippen LogP contribution in [0.25, 0.3) is 21.3 Å². The molecule has 6 nitrogen and oxygen atoms in total. The molecule has 0 radical (unpaired) electrons. The first-order chi connectivity index (χ1) is 13.3. The molecule has 0 unspecified atom stereocenters. The van der Waals surface area contributed by atoms with Gasteiger partial charge in [0.15, 0.2) is 0 Å². The van der Waals surface area contributed by atoms with Crippen molar-refractivity contribution in [2.75, 3.05) is 0 Å². The third-order valence-electron chi connectivity index (χ3n) is 3.83. The SMILES string of the molecule is O=C(CCc1csc(-c2ccccc2)n1)NCc1nc(-c2cccs2)no1. The molecule has 136 valence electrons. The van der Waals surface area contributed by atoms with Crippen molar-refractivity contribution in [2.45, 2.75) is 19.4 Å². The molecule has 3 aromatic heterocycles. The smallest absolute Gasteiger partial charge is 0.246 e. The zero-order chi connectivity index (χ0) is 18.5. The van der Waals surface area contributed by atoms with Gasteiger partial charge in [-0.25, -0.2) is 4.98 Å². The summed E-state index contributed by atoms with van der Waals surface area (Å²) in [6.45, 7) is 0.226. The lowest BCUT2D eigenvalue weighted by atomic mass is 10.2. The van der Waals surface area contributed by atoms with Gasteiger partial charge >= 0.3 is 0 Å². The number of hydrogen-bond acceptors (Lipinski definition) is 7. The van der Waals surface area contributed by atoms with E-state index >= 15 is 0 Å². The van der Waals surface area contributed by atoms with Crippen LogP contribution in [0.5, 0.6) is 0 Å². The minimum atomic E-state index is -0.0693. The fourth-order valence-electron chi connectivity index (χ4n) is 2.47. The predicted octanol–water partition coefficient (Wildman–Crippen LogP) is 4.17. The van der Waals surface area contributed by atoms with Gasteiger partial charge < -0.3 is 9.84 Å². The first-order valence-corrected chi connectivity index (χ1v) is 10.2. The van der Waals surface area contributed by atoms with Crippen molar-refractivity contribution in [3.63, 3.8) is 0 Å². The molecule has 0 atom stereocenters. The average Bonchev–Trinajstić information content (AvgIpc) is 3.47. The number of nitrogens with one attached hydrogen (secondary N) is 1. The van der Waals surface area contributed by atoms with Crippen LogP contribution in [0.2, 0.25) is 0 Å². The highest BCUT2D eigenvalue weighted by atomic mass is 32.1. The van der Waals surface area contributed by atoms with Crippen molar-refractivity contribution in [2.24, 2.45) is 0 Å². The minimum Gasteiger partial charge on any atom is -0.347 e. The van der Waals surface area contributed by atoms with Gasteiger partial charge in [0.2, 0.25) is 17.6 Å². The number of hydrogen-bond donors (Lipinski definition) is 1. The number of carbonyl (C=O) groups is 1. The lowest BCUT2D eigenvalue weighted by Crippen LogP contribution is -2.23. The van der Waals surface area contributed by atoms with Gasteiger partial charge in [-0.1, -0.05) is 41.6 Å². The van der Waals surface area contributed by atoms with Crippen LogP contribution in [0.4, 0.5) is 0 Å². The largest absolute Gasteiger partial charge is 0.347 e. The fraction of sp³-hybridized carbons (Fsp3) is 0.158. The molecular weight excluding hydrogens is 380 g/mol. The summed E-state index contributed by atoms with van der Waals surface area (Å²) in [5.41, 5.74) is 2.02. The fourth-order valence-corrected chi connectivity index (χ4v) is 3.98. The lowest BCUT2D eigenvalue weighted by molar-refractivity contribution is -0.121. The maximum atomic E-state index is 12.1. The van der Waals surface area contributed by atoms with Crippen LogP contribution < -0.4 is 5.32 Å². The first-order valence-electron chi connectivity index (χ1n) is 8.41. The van der Waals surface area contributed by atoms with Gasteiger partial charge in [-0.05, 0) is 17.9 Å². The van der Waals surface area contributed by atoms with E-state index in [1.807, 2.05) is 53.2 Å². The van der Waals surface area contributed by atoms with Gasteiger partial charge in [-0.2, -0.15) is 4.98 Å². The molecule has 1 aromatic carbocycles. The maximum Gasteiger partial charge on any atom is 0.246 e. The number of rotatable bonds is 7. The number of nitrogens with zero attached hydrogens (tertiary/aromatic N) is 3. The normalized spacial score (nSPS) is 10.8. The molecule has 8 heteroatoms. The summed E-state index contributed by atoms with van der Waals surface area (Å²) in [6.07, 6.45) is 0.962. The van der Waals surface area contributed by atoms with Crippen LogP contribution >= 0.6 is 22.7 Å². The van der Waals surface area contributed by atoms with Gasteiger partial charge in [0, 0.05) is 17.4 Å². The number of aryl methyl sites for hydroxylation is 1. The highest BCUT2D eigenvalue weighted by Crippen LogP contribution is 2.24. The summed E-state index contributed by atoms with van der Waals surface area (Å²) in [6, 6.07) is 13.9. The van der Waals surface area contributed by atoms with Crippen molar-refractivity contribution in [3.8, 4) is 21.3 Å². The van der Waals surface area contributed by atoms with E-state index in [4.69, 9.17) is 4.52 Å². The molecule has 0 fully saturated rings. The second-order valence-electron chi connectivity index (χ2n) is 5.78. The van der Waals surface area contributed by atoms with Gasteiger partial charge in [-0.3, -0.25) is 4.79 Å². The summed E-state index contributed by atoms with van der Waals surface area (Å²) < 4.78 is 5.17. The molecule has 0 spiro atoms. The van der Waals surface area contributed by atoms with Crippen LogP contribution in [0.3, 0.4) is 0 Å². The molecule has 3 heterocycles. The molecule has 0 bridgehead atoms. The molecule has 1 amide bonds. The summed E-state index contributed by atoms with van der Waals surface area (Å²) in [5.74, 6) is 0.872. The van der Waals surface area contributed by atoms with Crippen LogP contribution in [-0.4, -0.2) is 21.0 Å². The first kappa shape index (κ1) is 17.6. The van der Waals surface area contributed by atoms with Gasteiger partial charge in [0.25, 0.3) is 0 Å². The van der Waals surface area contributed by atoms with E-state index in [-0.39, 0.29) is 12.5 Å². The Labute approximate surface area is 163 Å². The van der Waals surface area contributed by atoms with E-state index in [2.05, 4.69) is 20.4 Å². The second kappa shape index (κ2) is 8.24. The van der Waals surface area contributed by atoms with Crippen molar-refractivity contribution in [1.29, 1.82) is 0 Å². The Morgan fingerprint density at radius 3 is 2.78 bits per heavy atom. The molecule has 0 aliphatic carbocycles. The molecule has 0 aliphatic heterocycles. The summed E-state index contributed by atoms with van der Waals surface area (Å²) in [7, 11) is 0. The second-order valence-corrected chi connectivity index (χ2v) is 7.58. The third kappa shape index (κ3) is 4.47. The lowest BCUT2D eigenvalue weighted by Gasteiger charge is -2.00. The monoisotopic (exact) mass is 396 g/mol. The molecule has 0 saturated carbocycles. The Balaban J connectivity index is 1.26. The Bertz CT molecular complexity index is 1010. The molecule has 4 aromatic rings. The van der Waals surface area contributed by atoms with E-state index < -0.39 is 0 Å². The number of benzene rings is 1. The van der Waals surface area contributed by atoms with Crippen molar-refractivity contribution >= 4 is 28.6 Å². The van der Waals surface area contributed by atoms with Crippen LogP contribution in [0, 0.1) is 0 Å². The molecule has 27 heavy (non-hydrogen) atoms. The maximum absolute atomic E-state index is 12.1. The Morgan fingerprint density at radius 2 is 1.96 bits per heavy atom. The Kier molecular flexibility index (Phi) is 5.36. The number of thiophene rings is 1. The zero-order valence-electron chi connectivity index (χ0n) is 14.3. The summed E-state index contributed by atoms with van der Waals surface area (Å²) >= 11 is 3.13. The van der Waals surface area contributed by atoms with Gasteiger partial charge in [0.05, 0.1) is 17.1 Å². The predicted molar refractivity (Wildman–Crippen MR) is 105 cm³/mol. The van der Waals surface area contributed by atoms with Crippen LogP contribution in [-0.2, 0) is 17.8 Å². The summed E-state index contributed by atoms with van der Waals surface area (Å²) in [4.78, 5) is 21.9. The van der Waals surface area contributed by atoms with E-state index in [1.54, 1.807) is 22.7 Å². The van der Waals surface area contributed by atoms with E-state index in [0.29, 0.717) is 24.6 Å². The van der Waals surface area contributed by atoms with Gasteiger partial charge in [-0.15, -0.1) is 22.7 Å². The number of carbonyl (C=O) groups excluding carboxylic acids is 1. The summed E-state index contributed by atoms with van der Waals surface area (Å²) in [5, 5.41) is 11.7. The van der Waals surface area contributed by atoms with E-state index in [9.17, 15) is 4.79 Å². The minimum absolute atomic E-state index is 0.0693. The average molecular weight is 396 g/mol. The topological polar surface area (TPSA) is 80.9 Å².